The van der Waals surface area contributed by atoms with E-state index < -0.39 is 6.04 Å². The fourth-order valence-electron chi connectivity index (χ4n) is 0.519. The number of nitrogens with two attached hydrogens (primary N) is 1. The number of carbonyl (C=O) groups excluding carboxylic acids is 2. The van der Waals surface area contributed by atoms with Gasteiger partial charge in [0.2, 0.25) is 0 Å². The van der Waals surface area contributed by atoms with E-state index in [1.807, 2.05) is 0 Å². The molecule has 5 nitrogen and oxygen atoms in total. The van der Waals surface area contributed by atoms with E-state index in [1.165, 1.54) is 13.3 Å². The second-order valence-electron chi connectivity index (χ2n) is 3.33. The number of carbonyl (C=O) groups is 2. The lowest BCUT2D eigenvalue weighted by molar-refractivity contribution is -0.127. The van der Waals surface area contributed by atoms with Crippen molar-refractivity contribution >= 4 is 11.8 Å². The van der Waals surface area contributed by atoms with E-state index in [0.717, 1.165) is 6.92 Å². The molecule has 0 aromatic rings. The average Bonchev–Trinajstić information content (AvgIpc) is 2.23. The van der Waals surface area contributed by atoms with E-state index in [9.17, 15) is 9.18 Å². The van der Waals surface area contributed by atoms with Crippen LogP contribution in [0.2, 0.25) is 0 Å². The molecule has 0 aromatic carbocycles. The van der Waals surface area contributed by atoms with Crippen LogP contribution in [0, 0.1) is 0 Å². The lowest BCUT2D eigenvalue weighted by Gasteiger charge is -2.01. The average molecular weight is 267 g/mol. The van der Waals surface area contributed by atoms with Gasteiger partial charge in [0, 0.05) is 13.5 Å². The molecule has 0 rings (SSSR count). The normalized spacial score (nSPS) is 8.56. The summed E-state index contributed by atoms with van der Waals surface area (Å²) in [5.41, 5.74) is 5.17. The zero-order chi connectivity index (χ0) is 14.8. The Hall–Kier alpha value is -0.850. The van der Waals surface area contributed by atoms with Crippen LogP contribution in [0.5, 0.6) is 0 Å². The predicted molar refractivity (Wildman–Crippen MR) is 69.1 cm³/mol. The molecule has 0 unspecified atom stereocenters. The van der Waals surface area contributed by atoms with Crippen molar-refractivity contribution in [3.8, 4) is 0 Å². The predicted octanol–water partition coefficient (Wildman–Crippen LogP) is 1.49. The van der Waals surface area contributed by atoms with Crippen LogP contribution in [0.25, 0.3) is 0 Å². The molecule has 0 aliphatic carbocycles. The van der Waals surface area contributed by atoms with Gasteiger partial charge in [0.15, 0.2) is 5.78 Å². The van der Waals surface area contributed by atoms with E-state index in [4.69, 9.17) is 20.0 Å². The molecule has 0 aliphatic heterocycles. The molecule has 0 atom stereocenters. The molecule has 0 saturated carbocycles. The van der Waals surface area contributed by atoms with Crippen LogP contribution in [0.1, 0.15) is 34.1 Å². The maximum atomic E-state index is 10.4. The summed E-state index contributed by atoms with van der Waals surface area (Å²) in [4.78, 5) is 19.1. The summed E-state index contributed by atoms with van der Waals surface area (Å²) in [6.07, 6.45) is 1.25. The molecule has 0 radical (unpaired) electrons. The minimum absolute atomic E-state index is 0.0313. The van der Waals surface area contributed by atoms with Crippen LogP contribution >= 0.6 is 0 Å². The summed E-state index contributed by atoms with van der Waals surface area (Å²) < 4.78 is 20.3. The highest BCUT2D eigenvalue weighted by atomic mass is 19.1. The van der Waals surface area contributed by atoms with Gasteiger partial charge in [-0.2, -0.15) is 4.39 Å². The summed E-state index contributed by atoms with van der Waals surface area (Å²) in [6, 6.07) is -1.33. The number of rotatable bonds is 7. The lowest BCUT2D eigenvalue weighted by atomic mass is 10.5. The van der Waals surface area contributed by atoms with Gasteiger partial charge < -0.3 is 15.2 Å². The topological polar surface area (TPSA) is 78.6 Å². The van der Waals surface area contributed by atoms with Gasteiger partial charge in [-0.15, -0.1) is 0 Å². The summed E-state index contributed by atoms with van der Waals surface area (Å²) >= 11 is 0. The molecule has 18 heavy (non-hydrogen) atoms. The Labute approximate surface area is 109 Å². The molecule has 110 valence electrons. The Balaban J connectivity index is -0.000000266. The van der Waals surface area contributed by atoms with E-state index in [2.05, 4.69) is 13.8 Å². The van der Waals surface area contributed by atoms with E-state index >= 15 is 0 Å². The molecular formula is C12H26FNO4. The Morgan fingerprint density at radius 2 is 1.44 bits per heavy atom. The summed E-state index contributed by atoms with van der Waals surface area (Å²) in [7, 11) is 0. The molecule has 0 aliphatic rings. The van der Waals surface area contributed by atoms with Gasteiger partial charge >= 0.3 is 0 Å². The first-order valence-corrected chi connectivity index (χ1v) is 5.93. The van der Waals surface area contributed by atoms with Crippen molar-refractivity contribution in [1.82, 2.24) is 0 Å². The van der Waals surface area contributed by atoms with Crippen molar-refractivity contribution in [1.29, 1.82) is 0 Å². The van der Waals surface area contributed by atoms with Gasteiger partial charge in [0.25, 0.3) is 6.04 Å². The monoisotopic (exact) mass is 267 g/mol. The number of ketones is 1. The Morgan fingerprint density at radius 1 is 1.06 bits per heavy atom. The van der Waals surface area contributed by atoms with Gasteiger partial charge in [0.1, 0.15) is 6.61 Å². The van der Waals surface area contributed by atoms with Crippen LogP contribution in [-0.4, -0.2) is 44.8 Å². The van der Waals surface area contributed by atoms with Gasteiger partial charge in [-0.25, -0.2) is 0 Å². The van der Waals surface area contributed by atoms with Crippen molar-refractivity contribution in [2.45, 2.75) is 34.1 Å². The number of halogens is 1. The van der Waals surface area contributed by atoms with E-state index in [0.29, 0.717) is 26.4 Å². The minimum Gasteiger partial charge on any atom is -0.378 e. The van der Waals surface area contributed by atoms with Crippen molar-refractivity contribution in [3.63, 3.8) is 0 Å². The van der Waals surface area contributed by atoms with Crippen LogP contribution in [-0.2, 0) is 19.1 Å². The SMILES string of the molecule is CC(=O)COCCOCCN.CC(=O)F.CCC. The van der Waals surface area contributed by atoms with Crippen molar-refractivity contribution in [2.75, 3.05) is 33.0 Å². The smallest absolute Gasteiger partial charge is 0.298 e. The third-order valence-corrected chi connectivity index (χ3v) is 0.940. The Bertz CT molecular complexity index is 185. The molecule has 2 N–H and O–H groups in total. The highest BCUT2D eigenvalue weighted by molar-refractivity contribution is 5.76. The minimum atomic E-state index is -1.33. The van der Waals surface area contributed by atoms with Crippen LogP contribution in [0.3, 0.4) is 0 Å². The van der Waals surface area contributed by atoms with E-state index in [-0.39, 0.29) is 12.4 Å². The quantitative estimate of drug-likeness (QED) is 0.558. The molecule has 0 spiro atoms. The maximum Gasteiger partial charge on any atom is 0.298 e. The molecule has 0 bridgehead atoms. The first-order chi connectivity index (χ1) is 8.42. The molecular weight excluding hydrogens is 241 g/mol. The van der Waals surface area contributed by atoms with Crippen LogP contribution in [0.4, 0.5) is 4.39 Å². The molecule has 0 aromatic heterocycles. The third-order valence-electron chi connectivity index (χ3n) is 0.940. The molecule has 0 amide bonds. The molecule has 0 fully saturated rings. The molecule has 6 heteroatoms. The number of Topliss-reactive ketones (excluding diaryl/α,β-unsaturated/α-hetero) is 1. The first-order valence-electron chi connectivity index (χ1n) is 5.93. The largest absolute Gasteiger partial charge is 0.378 e. The second kappa shape index (κ2) is 21.4. The summed E-state index contributed by atoms with van der Waals surface area (Å²) in [5.74, 6) is 0.0313. The van der Waals surface area contributed by atoms with Gasteiger partial charge in [-0.3, -0.25) is 9.59 Å². The fourth-order valence-corrected chi connectivity index (χ4v) is 0.519. The highest BCUT2D eigenvalue weighted by Gasteiger charge is 1.92. The van der Waals surface area contributed by atoms with Crippen molar-refractivity contribution < 1.29 is 23.5 Å². The number of ether oxygens (including phenoxy) is 2. The first kappa shape index (κ1) is 22.3. The van der Waals surface area contributed by atoms with Crippen LogP contribution in [0.15, 0.2) is 0 Å². The summed E-state index contributed by atoms with van der Waals surface area (Å²) in [5, 5.41) is 0. The van der Waals surface area contributed by atoms with E-state index in [1.54, 1.807) is 0 Å². The Morgan fingerprint density at radius 3 is 1.78 bits per heavy atom. The molecule has 0 heterocycles. The number of hydrogen-bond donors (Lipinski definition) is 1. The third kappa shape index (κ3) is 59.3. The van der Waals surface area contributed by atoms with Gasteiger partial charge in [-0.05, 0) is 6.92 Å². The Kier molecular flexibility index (Phi) is 26.6. The lowest BCUT2D eigenvalue weighted by Crippen LogP contribution is -2.13. The zero-order valence-electron chi connectivity index (χ0n) is 11.8. The summed E-state index contributed by atoms with van der Waals surface area (Å²) in [6.45, 7) is 8.80. The fraction of sp³-hybridized carbons (Fsp3) is 0.833. The second-order valence-corrected chi connectivity index (χ2v) is 3.33. The van der Waals surface area contributed by atoms with Crippen molar-refractivity contribution in [2.24, 2.45) is 5.73 Å². The van der Waals surface area contributed by atoms with Crippen LogP contribution < -0.4 is 5.73 Å². The van der Waals surface area contributed by atoms with Gasteiger partial charge in [0.05, 0.1) is 19.8 Å². The standard InChI is InChI=1S/C7H15NO3.C3H8.C2H3FO/c1-7(9)6-11-5-4-10-3-2-8;1-3-2;1-2(3)4/h2-6,8H2,1H3;3H2,1-2H3;1H3. The zero-order valence-corrected chi connectivity index (χ0v) is 11.8. The van der Waals surface area contributed by atoms with Crippen molar-refractivity contribution in [3.05, 3.63) is 0 Å². The highest BCUT2D eigenvalue weighted by Crippen LogP contribution is 1.78. The number of hydrogen-bond acceptors (Lipinski definition) is 5. The molecule has 0 saturated heterocycles. The maximum absolute atomic E-state index is 10.4. The van der Waals surface area contributed by atoms with Gasteiger partial charge in [-0.1, -0.05) is 20.3 Å².